The molecule has 1 heterocycles. The highest BCUT2D eigenvalue weighted by molar-refractivity contribution is 5.97. The van der Waals surface area contributed by atoms with E-state index in [4.69, 9.17) is 4.42 Å². The second-order valence-electron chi connectivity index (χ2n) is 4.38. The maximum atomic E-state index is 13.0. The third-order valence-corrected chi connectivity index (χ3v) is 2.80. The SMILES string of the molecule is CCNC(C)CC(=O)c1cc2cc(F)ccc2o1. The van der Waals surface area contributed by atoms with E-state index in [0.717, 1.165) is 6.54 Å². The second kappa shape index (κ2) is 5.31. The van der Waals surface area contributed by atoms with Gasteiger partial charge in [-0.1, -0.05) is 6.92 Å². The summed E-state index contributed by atoms with van der Waals surface area (Å²) in [5.74, 6) is -0.108. The summed E-state index contributed by atoms with van der Waals surface area (Å²) in [7, 11) is 0. The molecule has 1 unspecified atom stereocenters. The van der Waals surface area contributed by atoms with Crippen molar-refractivity contribution in [3.05, 3.63) is 35.8 Å². The number of furan rings is 1. The zero-order valence-electron chi connectivity index (χ0n) is 10.5. The quantitative estimate of drug-likeness (QED) is 0.828. The Bertz CT molecular complexity index is 562. The molecule has 3 nitrogen and oxygen atoms in total. The largest absolute Gasteiger partial charge is 0.453 e. The van der Waals surface area contributed by atoms with Gasteiger partial charge in [-0.25, -0.2) is 4.39 Å². The van der Waals surface area contributed by atoms with Gasteiger partial charge in [0, 0.05) is 17.8 Å². The molecule has 1 N–H and O–H groups in total. The molecule has 2 aromatic rings. The monoisotopic (exact) mass is 249 g/mol. The van der Waals surface area contributed by atoms with Gasteiger partial charge in [-0.3, -0.25) is 4.79 Å². The van der Waals surface area contributed by atoms with Gasteiger partial charge in [0.2, 0.25) is 0 Å². The van der Waals surface area contributed by atoms with Gasteiger partial charge in [-0.15, -0.1) is 0 Å². The van der Waals surface area contributed by atoms with E-state index in [1.54, 1.807) is 6.07 Å². The van der Waals surface area contributed by atoms with E-state index in [-0.39, 0.29) is 17.6 Å². The molecule has 1 aromatic heterocycles. The van der Waals surface area contributed by atoms with Crippen LogP contribution in [-0.2, 0) is 0 Å². The van der Waals surface area contributed by atoms with E-state index in [9.17, 15) is 9.18 Å². The number of nitrogens with one attached hydrogen (secondary N) is 1. The molecule has 96 valence electrons. The molecule has 0 aliphatic rings. The normalized spacial score (nSPS) is 12.8. The fourth-order valence-electron chi connectivity index (χ4n) is 1.95. The van der Waals surface area contributed by atoms with Crippen LogP contribution in [-0.4, -0.2) is 18.4 Å². The number of fused-ring (bicyclic) bond motifs is 1. The van der Waals surface area contributed by atoms with Gasteiger partial charge >= 0.3 is 0 Å². The molecule has 0 amide bonds. The summed E-state index contributed by atoms with van der Waals surface area (Å²) in [5.41, 5.74) is 0.538. The number of ketones is 1. The molecule has 2 rings (SSSR count). The zero-order valence-corrected chi connectivity index (χ0v) is 10.5. The van der Waals surface area contributed by atoms with Crippen LogP contribution in [0.25, 0.3) is 11.0 Å². The minimum absolute atomic E-state index is 0.0694. The van der Waals surface area contributed by atoms with Gasteiger partial charge in [0.05, 0.1) is 0 Å². The topological polar surface area (TPSA) is 42.2 Å². The smallest absolute Gasteiger partial charge is 0.199 e. The summed E-state index contributed by atoms with van der Waals surface area (Å²) in [6.07, 6.45) is 0.371. The van der Waals surface area contributed by atoms with Gasteiger partial charge in [0.15, 0.2) is 11.5 Å². The van der Waals surface area contributed by atoms with Crippen LogP contribution in [0.5, 0.6) is 0 Å². The molecule has 0 aliphatic carbocycles. The van der Waals surface area contributed by atoms with Gasteiger partial charge in [0.25, 0.3) is 0 Å². The lowest BCUT2D eigenvalue weighted by atomic mass is 10.1. The van der Waals surface area contributed by atoms with Crippen LogP contribution in [0.4, 0.5) is 4.39 Å². The van der Waals surface area contributed by atoms with Crippen LogP contribution in [0.3, 0.4) is 0 Å². The molecule has 0 saturated heterocycles. The van der Waals surface area contributed by atoms with Crippen molar-refractivity contribution in [2.24, 2.45) is 0 Å². The maximum absolute atomic E-state index is 13.0. The molecule has 0 aliphatic heterocycles. The van der Waals surface area contributed by atoms with Gasteiger partial charge in [-0.05, 0) is 37.7 Å². The molecule has 0 radical (unpaired) electrons. The number of benzene rings is 1. The molecular weight excluding hydrogens is 233 g/mol. The van der Waals surface area contributed by atoms with Crippen LogP contribution < -0.4 is 5.32 Å². The summed E-state index contributed by atoms with van der Waals surface area (Å²) >= 11 is 0. The van der Waals surface area contributed by atoms with Crippen LogP contribution in [0.2, 0.25) is 0 Å². The molecule has 4 heteroatoms. The Morgan fingerprint density at radius 3 is 2.94 bits per heavy atom. The van der Waals surface area contributed by atoms with Crippen LogP contribution in [0.15, 0.2) is 28.7 Å². The van der Waals surface area contributed by atoms with E-state index in [0.29, 0.717) is 23.2 Å². The first-order valence-corrected chi connectivity index (χ1v) is 6.06. The second-order valence-corrected chi connectivity index (χ2v) is 4.38. The Morgan fingerprint density at radius 1 is 1.44 bits per heavy atom. The fourth-order valence-corrected chi connectivity index (χ4v) is 1.95. The predicted octanol–water partition coefficient (Wildman–Crippen LogP) is 3.14. The molecule has 1 atom stereocenters. The fraction of sp³-hybridized carbons (Fsp3) is 0.357. The average molecular weight is 249 g/mol. The summed E-state index contributed by atoms with van der Waals surface area (Å²) in [6.45, 7) is 4.76. The third kappa shape index (κ3) is 2.76. The third-order valence-electron chi connectivity index (χ3n) is 2.80. The standard InChI is InChI=1S/C14H16FNO2/c1-3-16-9(2)6-12(17)14-8-10-7-11(15)4-5-13(10)18-14/h4-5,7-9,16H,3,6H2,1-2H3. The Labute approximate surface area is 105 Å². The van der Waals surface area contributed by atoms with E-state index < -0.39 is 0 Å². The molecular formula is C14H16FNO2. The Hall–Kier alpha value is -1.68. The highest BCUT2D eigenvalue weighted by Gasteiger charge is 2.15. The van der Waals surface area contributed by atoms with Crippen molar-refractivity contribution in [1.82, 2.24) is 5.32 Å². The average Bonchev–Trinajstić information content (AvgIpc) is 2.72. The minimum atomic E-state index is -0.330. The summed E-state index contributed by atoms with van der Waals surface area (Å²) < 4.78 is 18.4. The van der Waals surface area contributed by atoms with Gasteiger partial charge in [-0.2, -0.15) is 0 Å². The number of rotatable bonds is 5. The Kier molecular flexibility index (Phi) is 3.77. The summed E-state index contributed by atoms with van der Waals surface area (Å²) in [4.78, 5) is 12.0. The minimum Gasteiger partial charge on any atom is -0.453 e. The first-order chi connectivity index (χ1) is 8.60. The van der Waals surface area contributed by atoms with E-state index in [1.807, 2.05) is 13.8 Å². The summed E-state index contributed by atoms with van der Waals surface area (Å²) in [6, 6.07) is 5.92. The number of Topliss-reactive ketones (excluding diaryl/α,β-unsaturated/α-hetero) is 1. The number of hydrogen-bond donors (Lipinski definition) is 1. The highest BCUT2D eigenvalue weighted by Crippen LogP contribution is 2.21. The number of halogens is 1. The van der Waals surface area contributed by atoms with Crippen molar-refractivity contribution in [3.63, 3.8) is 0 Å². The van der Waals surface area contributed by atoms with Crippen LogP contribution in [0, 0.1) is 5.82 Å². The van der Waals surface area contributed by atoms with Crippen molar-refractivity contribution in [1.29, 1.82) is 0 Å². The predicted molar refractivity (Wildman–Crippen MR) is 68.3 cm³/mol. The molecule has 0 fully saturated rings. The van der Waals surface area contributed by atoms with Crippen molar-refractivity contribution in [2.45, 2.75) is 26.3 Å². The number of hydrogen-bond acceptors (Lipinski definition) is 3. The molecule has 1 aromatic carbocycles. The van der Waals surface area contributed by atoms with Crippen molar-refractivity contribution >= 4 is 16.8 Å². The van der Waals surface area contributed by atoms with Crippen LogP contribution >= 0.6 is 0 Å². The number of carbonyl (C=O) groups is 1. The van der Waals surface area contributed by atoms with E-state index in [1.165, 1.54) is 18.2 Å². The molecule has 0 bridgehead atoms. The van der Waals surface area contributed by atoms with Gasteiger partial charge < -0.3 is 9.73 Å². The summed E-state index contributed by atoms with van der Waals surface area (Å²) in [5, 5.41) is 3.79. The van der Waals surface area contributed by atoms with Crippen LogP contribution in [0.1, 0.15) is 30.8 Å². The molecule has 0 spiro atoms. The number of carbonyl (C=O) groups excluding carboxylic acids is 1. The Balaban J connectivity index is 2.18. The first kappa shape index (κ1) is 12.8. The van der Waals surface area contributed by atoms with Crippen molar-refractivity contribution in [3.8, 4) is 0 Å². The Morgan fingerprint density at radius 2 is 2.22 bits per heavy atom. The first-order valence-electron chi connectivity index (χ1n) is 6.06. The zero-order chi connectivity index (χ0) is 13.1. The molecule has 18 heavy (non-hydrogen) atoms. The lowest BCUT2D eigenvalue weighted by molar-refractivity contribution is 0.0947. The van der Waals surface area contributed by atoms with Gasteiger partial charge in [0.1, 0.15) is 11.4 Å². The lowest BCUT2D eigenvalue weighted by Crippen LogP contribution is -2.28. The van der Waals surface area contributed by atoms with Crippen molar-refractivity contribution < 1.29 is 13.6 Å². The molecule has 0 saturated carbocycles. The maximum Gasteiger partial charge on any atom is 0.199 e. The van der Waals surface area contributed by atoms with E-state index >= 15 is 0 Å². The lowest BCUT2D eigenvalue weighted by Gasteiger charge is -2.09. The van der Waals surface area contributed by atoms with E-state index in [2.05, 4.69) is 5.32 Å². The highest BCUT2D eigenvalue weighted by atomic mass is 19.1. The van der Waals surface area contributed by atoms with Crippen molar-refractivity contribution in [2.75, 3.05) is 6.54 Å².